The minimum atomic E-state index is -1.13. The Morgan fingerprint density at radius 2 is 2.20 bits per heavy atom. The molecule has 1 rings (SSSR count). The third-order valence-electron chi connectivity index (χ3n) is 1.77. The molecular formula is C10H11FO4. The standard InChI is InChI=1S/C10H11FO4/c1-6(10(13)14)15-9-3-7(5-12)2-8(11)4-9/h2-4,6,12H,5H2,1H3,(H,13,14). The highest BCUT2D eigenvalue weighted by Gasteiger charge is 2.13. The van der Waals surface area contributed by atoms with Crippen LogP contribution < -0.4 is 4.74 Å². The monoisotopic (exact) mass is 214 g/mol. The number of halogens is 1. The molecule has 0 fully saturated rings. The molecular weight excluding hydrogens is 203 g/mol. The number of hydrogen-bond acceptors (Lipinski definition) is 3. The lowest BCUT2D eigenvalue weighted by Crippen LogP contribution is -2.22. The predicted molar refractivity (Wildman–Crippen MR) is 50.0 cm³/mol. The molecule has 1 unspecified atom stereocenters. The first-order chi connectivity index (χ1) is 7.02. The van der Waals surface area contributed by atoms with Crippen molar-refractivity contribution < 1.29 is 24.1 Å². The quantitative estimate of drug-likeness (QED) is 0.789. The van der Waals surface area contributed by atoms with Gasteiger partial charge in [-0.2, -0.15) is 0 Å². The number of hydrogen-bond donors (Lipinski definition) is 2. The SMILES string of the molecule is CC(Oc1cc(F)cc(CO)c1)C(=O)O. The van der Waals surface area contributed by atoms with Gasteiger partial charge < -0.3 is 14.9 Å². The van der Waals surface area contributed by atoms with Crippen molar-refractivity contribution in [3.05, 3.63) is 29.6 Å². The molecule has 0 bridgehead atoms. The Kier molecular flexibility index (Phi) is 3.62. The maximum atomic E-state index is 12.9. The van der Waals surface area contributed by atoms with Gasteiger partial charge in [-0.15, -0.1) is 0 Å². The molecule has 0 saturated carbocycles. The molecule has 1 aromatic rings. The van der Waals surface area contributed by atoms with E-state index in [9.17, 15) is 9.18 Å². The molecule has 0 aliphatic rings. The third kappa shape index (κ3) is 3.21. The van der Waals surface area contributed by atoms with Crippen LogP contribution in [0.25, 0.3) is 0 Å². The second-order valence-electron chi connectivity index (χ2n) is 3.05. The largest absolute Gasteiger partial charge is 0.479 e. The fraction of sp³-hybridized carbons (Fsp3) is 0.300. The van der Waals surface area contributed by atoms with Crippen LogP contribution in [-0.2, 0) is 11.4 Å². The van der Waals surface area contributed by atoms with Crippen molar-refractivity contribution >= 4 is 5.97 Å². The number of aliphatic hydroxyl groups is 1. The average Bonchev–Trinajstić information content (AvgIpc) is 2.16. The van der Waals surface area contributed by atoms with E-state index >= 15 is 0 Å². The number of carbonyl (C=O) groups is 1. The topological polar surface area (TPSA) is 66.8 Å². The Hall–Kier alpha value is -1.62. The smallest absolute Gasteiger partial charge is 0.344 e. The van der Waals surface area contributed by atoms with Crippen LogP contribution in [-0.4, -0.2) is 22.3 Å². The van der Waals surface area contributed by atoms with E-state index in [1.165, 1.54) is 13.0 Å². The zero-order chi connectivity index (χ0) is 11.4. The van der Waals surface area contributed by atoms with E-state index in [-0.39, 0.29) is 12.4 Å². The van der Waals surface area contributed by atoms with Gasteiger partial charge >= 0.3 is 5.97 Å². The van der Waals surface area contributed by atoms with Gasteiger partial charge in [-0.05, 0) is 24.6 Å². The summed E-state index contributed by atoms with van der Waals surface area (Å²) in [6.07, 6.45) is -1.06. The zero-order valence-electron chi connectivity index (χ0n) is 8.11. The van der Waals surface area contributed by atoms with Crippen LogP contribution in [0.5, 0.6) is 5.75 Å². The van der Waals surface area contributed by atoms with Gasteiger partial charge in [-0.25, -0.2) is 9.18 Å². The lowest BCUT2D eigenvalue weighted by molar-refractivity contribution is -0.144. The predicted octanol–water partition coefficient (Wildman–Crippen LogP) is 1.17. The highest BCUT2D eigenvalue weighted by Crippen LogP contribution is 2.17. The summed E-state index contributed by atoms with van der Waals surface area (Å²) in [5.74, 6) is -1.62. The minimum Gasteiger partial charge on any atom is -0.479 e. The Bertz CT molecular complexity index is 364. The molecule has 0 aromatic heterocycles. The number of carboxylic acid groups (broad SMARTS) is 1. The van der Waals surface area contributed by atoms with E-state index in [2.05, 4.69) is 0 Å². The van der Waals surface area contributed by atoms with E-state index < -0.39 is 17.9 Å². The molecule has 0 heterocycles. The maximum absolute atomic E-state index is 12.9. The zero-order valence-corrected chi connectivity index (χ0v) is 8.11. The first-order valence-corrected chi connectivity index (χ1v) is 4.32. The van der Waals surface area contributed by atoms with Crippen molar-refractivity contribution in [3.63, 3.8) is 0 Å². The Morgan fingerprint density at radius 1 is 1.53 bits per heavy atom. The molecule has 0 amide bonds. The number of aliphatic carboxylic acids is 1. The summed E-state index contributed by atoms with van der Waals surface area (Å²) in [5, 5.41) is 17.4. The normalized spacial score (nSPS) is 12.2. The molecule has 0 aliphatic heterocycles. The van der Waals surface area contributed by atoms with E-state index in [4.69, 9.17) is 14.9 Å². The second kappa shape index (κ2) is 4.75. The van der Waals surface area contributed by atoms with E-state index in [0.717, 1.165) is 12.1 Å². The van der Waals surface area contributed by atoms with Crippen LogP contribution in [0.3, 0.4) is 0 Å². The van der Waals surface area contributed by atoms with Gasteiger partial charge in [0.2, 0.25) is 0 Å². The first-order valence-electron chi connectivity index (χ1n) is 4.32. The number of benzene rings is 1. The number of rotatable bonds is 4. The first kappa shape index (κ1) is 11.5. The molecule has 0 saturated heterocycles. The van der Waals surface area contributed by atoms with Gasteiger partial charge in [0.15, 0.2) is 6.10 Å². The Morgan fingerprint density at radius 3 is 2.73 bits per heavy atom. The summed E-state index contributed by atoms with van der Waals surface area (Å²) in [5.41, 5.74) is 0.336. The molecule has 15 heavy (non-hydrogen) atoms. The number of carboxylic acids is 1. The Balaban J connectivity index is 2.85. The fourth-order valence-corrected chi connectivity index (χ4v) is 1.03. The summed E-state index contributed by atoms with van der Waals surface area (Å²) in [7, 11) is 0. The summed E-state index contributed by atoms with van der Waals surface area (Å²) < 4.78 is 17.9. The highest BCUT2D eigenvalue weighted by atomic mass is 19.1. The number of aliphatic hydroxyl groups excluding tert-OH is 1. The lowest BCUT2D eigenvalue weighted by Gasteiger charge is -2.11. The number of ether oxygens (including phenoxy) is 1. The van der Waals surface area contributed by atoms with Crippen LogP contribution in [0.4, 0.5) is 4.39 Å². The molecule has 0 aliphatic carbocycles. The van der Waals surface area contributed by atoms with Crippen LogP contribution in [0, 0.1) is 5.82 Å². The molecule has 0 radical (unpaired) electrons. The molecule has 1 atom stereocenters. The van der Waals surface area contributed by atoms with E-state index in [1.54, 1.807) is 0 Å². The van der Waals surface area contributed by atoms with Gasteiger partial charge in [0.1, 0.15) is 11.6 Å². The van der Waals surface area contributed by atoms with Gasteiger partial charge in [-0.1, -0.05) is 0 Å². The van der Waals surface area contributed by atoms with Gasteiger partial charge in [0.25, 0.3) is 0 Å². The van der Waals surface area contributed by atoms with Crippen molar-refractivity contribution in [2.75, 3.05) is 0 Å². The van der Waals surface area contributed by atoms with Crippen molar-refractivity contribution in [2.24, 2.45) is 0 Å². The molecule has 0 spiro atoms. The maximum Gasteiger partial charge on any atom is 0.344 e. The summed E-state index contributed by atoms with van der Waals surface area (Å²) in [6.45, 7) is 1.02. The van der Waals surface area contributed by atoms with Crippen molar-refractivity contribution in [2.45, 2.75) is 19.6 Å². The lowest BCUT2D eigenvalue weighted by atomic mass is 10.2. The highest BCUT2D eigenvalue weighted by molar-refractivity contribution is 5.72. The summed E-state index contributed by atoms with van der Waals surface area (Å²) in [6, 6.07) is 3.61. The van der Waals surface area contributed by atoms with Crippen LogP contribution in [0.1, 0.15) is 12.5 Å². The van der Waals surface area contributed by atoms with Crippen molar-refractivity contribution in [1.82, 2.24) is 0 Å². The van der Waals surface area contributed by atoms with Crippen LogP contribution in [0.2, 0.25) is 0 Å². The molecule has 82 valence electrons. The van der Waals surface area contributed by atoms with E-state index in [1.807, 2.05) is 0 Å². The van der Waals surface area contributed by atoms with Crippen molar-refractivity contribution in [1.29, 1.82) is 0 Å². The van der Waals surface area contributed by atoms with Crippen molar-refractivity contribution in [3.8, 4) is 5.75 Å². The summed E-state index contributed by atoms with van der Waals surface area (Å²) in [4.78, 5) is 10.5. The second-order valence-corrected chi connectivity index (χ2v) is 3.05. The van der Waals surface area contributed by atoms with Gasteiger partial charge in [0, 0.05) is 6.07 Å². The van der Waals surface area contributed by atoms with Crippen LogP contribution >= 0.6 is 0 Å². The Labute approximate surface area is 85.9 Å². The van der Waals surface area contributed by atoms with E-state index in [0.29, 0.717) is 5.56 Å². The molecule has 5 heteroatoms. The molecule has 4 nitrogen and oxygen atoms in total. The van der Waals surface area contributed by atoms with Gasteiger partial charge in [-0.3, -0.25) is 0 Å². The molecule has 2 N–H and O–H groups in total. The van der Waals surface area contributed by atoms with Gasteiger partial charge in [0.05, 0.1) is 6.61 Å². The fourth-order valence-electron chi connectivity index (χ4n) is 1.03. The summed E-state index contributed by atoms with van der Waals surface area (Å²) >= 11 is 0. The minimum absolute atomic E-state index is 0.0916. The molecule has 1 aromatic carbocycles. The third-order valence-corrected chi connectivity index (χ3v) is 1.77. The van der Waals surface area contributed by atoms with Crippen LogP contribution in [0.15, 0.2) is 18.2 Å². The average molecular weight is 214 g/mol.